The van der Waals surface area contributed by atoms with Crippen molar-refractivity contribution >= 4 is 23.3 Å². The van der Waals surface area contributed by atoms with Gasteiger partial charge in [0.2, 0.25) is 5.91 Å². The van der Waals surface area contributed by atoms with E-state index in [-0.39, 0.29) is 5.91 Å². The first-order chi connectivity index (χ1) is 11.2. The Morgan fingerprint density at radius 2 is 2.22 bits per heavy atom. The van der Waals surface area contributed by atoms with Crippen molar-refractivity contribution in [3.05, 3.63) is 76.6 Å². The Morgan fingerprint density at radius 3 is 2.87 bits per heavy atom. The SMILES string of the molecule is Cn1cccc1CN(Cc1cccs1)C(=O)/C=C/c1ccoc1. The predicted octanol–water partition coefficient (Wildman–Crippen LogP) is 3.92. The Bertz CT molecular complexity index is 770. The van der Waals surface area contributed by atoms with Crippen molar-refractivity contribution in [3.8, 4) is 0 Å². The molecule has 0 aliphatic heterocycles. The standard InChI is InChI=1S/C18H18N2O2S/c1-19-9-2-4-16(19)12-20(13-17-5-3-11-23-17)18(21)7-6-15-8-10-22-14-15/h2-11,14H,12-13H2,1H3/b7-6+. The highest BCUT2D eigenvalue weighted by molar-refractivity contribution is 7.09. The van der Waals surface area contributed by atoms with Crippen molar-refractivity contribution in [1.82, 2.24) is 9.47 Å². The lowest BCUT2D eigenvalue weighted by atomic mass is 10.2. The average Bonchev–Trinajstić information content (AvgIpc) is 3.28. The van der Waals surface area contributed by atoms with Crippen molar-refractivity contribution in [2.75, 3.05) is 0 Å². The molecule has 3 heterocycles. The van der Waals surface area contributed by atoms with E-state index in [1.54, 1.807) is 36.0 Å². The summed E-state index contributed by atoms with van der Waals surface area (Å²) in [4.78, 5) is 15.6. The molecule has 118 valence electrons. The number of furan rings is 1. The normalized spacial score (nSPS) is 11.2. The molecule has 3 rings (SSSR count). The summed E-state index contributed by atoms with van der Waals surface area (Å²) < 4.78 is 7.05. The zero-order chi connectivity index (χ0) is 16.1. The number of hydrogen-bond donors (Lipinski definition) is 0. The lowest BCUT2D eigenvalue weighted by Gasteiger charge is -2.21. The van der Waals surface area contributed by atoms with Crippen LogP contribution >= 0.6 is 11.3 Å². The highest BCUT2D eigenvalue weighted by atomic mass is 32.1. The van der Waals surface area contributed by atoms with E-state index in [1.807, 2.05) is 52.4 Å². The number of nitrogens with zero attached hydrogens (tertiary/aromatic N) is 2. The minimum Gasteiger partial charge on any atom is -0.472 e. The molecule has 0 radical (unpaired) electrons. The maximum absolute atomic E-state index is 12.6. The van der Waals surface area contributed by atoms with Gasteiger partial charge < -0.3 is 13.9 Å². The molecule has 0 spiro atoms. The van der Waals surface area contributed by atoms with E-state index in [1.165, 1.54) is 4.88 Å². The Hall–Kier alpha value is -2.53. The van der Waals surface area contributed by atoms with E-state index in [2.05, 4.69) is 6.07 Å². The first-order valence-electron chi connectivity index (χ1n) is 7.34. The number of carbonyl (C=O) groups is 1. The van der Waals surface area contributed by atoms with Crippen molar-refractivity contribution in [2.45, 2.75) is 13.1 Å². The summed E-state index contributed by atoms with van der Waals surface area (Å²) in [6, 6.07) is 9.91. The van der Waals surface area contributed by atoms with Crippen molar-refractivity contribution in [3.63, 3.8) is 0 Å². The minimum absolute atomic E-state index is 0.0131. The fraction of sp³-hybridized carbons (Fsp3) is 0.167. The third-order valence-electron chi connectivity index (χ3n) is 3.60. The molecule has 1 amide bonds. The van der Waals surface area contributed by atoms with Gasteiger partial charge in [0.15, 0.2) is 0 Å². The van der Waals surface area contributed by atoms with Crippen LogP contribution < -0.4 is 0 Å². The van der Waals surface area contributed by atoms with Crippen LogP contribution in [0.3, 0.4) is 0 Å². The smallest absolute Gasteiger partial charge is 0.247 e. The second-order valence-electron chi connectivity index (χ2n) is 5.27. The summed E-state index contributed by atoms with van der Waals surface area (Å²) in [7, 11) is 1.99. The monoisotopic (exact) mass is 326 g/mol. The van der Waals surface area contributed by atoms with Crippen molar-refractivity contribution in [2.24, 2.45) is 7.05 Å². The summed E-state index contributed by atoms with van der Waals surface area (Å²) in [6.07, 6.45) is 8.58. The number of aromatic nitrogens is 1. The Morgan fingerprint density at radius 1 is 1.30 bits per heavy atom. The van der Waals surface area contributed by atoms with E-state index < -0.39 is 0 Å². The van der Waals surface area contributed by atoms with E-state index in [0.29, 0.717) is 13.1 Å². The van der Waals surface area contributed by atoms with Crippen LogP contribution in [0.5, 0.6) is 0 Å². The molecular weight excluding hydrogens is 308 g/mol. The number of aryl methyl sites for hydroxylation is 1. The topological polar surface area (TPSA) is 38.4 Å². The van der Waals surface area contributed by atoms with Crippen LogP contribution in [0.4, 0.5) is 0 Å². The number of rotatable bonds is 6. The third-order valence-corrected chi connectivity index (χ3v) is 4.47. The first-order valence-corrected chi connectivity index (χ1v) is 8.22. The predicted molar refractivity (Wildman–Crippen MR) is 91.7 cm³/mol. The van der Waals surface area contributed by atoms with Gasteiger partial charge in [0, 0.05) is 35.5 Å². The number of amides is 1. The molecular formula is C18H18N2O2S. The quantitative estimate of drug-likeness (QED) is 0.644. The maximum atomic E-state index is 12.6. The molecule has 0 fully saturated rings. The van der Waals surface area contributed by atoms with Crippen LogP contribution in [0.2, 0.25) is 0 Å². The van der Waals surface area contributed by atoms with E-state index in [9.17, 15) is 4.79 Å². The summed E-state index contributed by atoms with van der Waals surface area (Å²) in [5.74, 6) is -0.0131. The molecule has 0 aliphatic carbocycles. The number of carbonyl (C=O) groups excluding carboxylic acids is 1. The molecule has 0 saturated carbocycles. The summed E-state index contributed by atoms with van der Waals surface area (Å²) in [5.41, 5.74) is 1.99. The molecule has 0 atom stereocenters. The molecule has 3 aromatic rings. The van der Waals surface area contributed by atoms with Crippen molar-refractivity contribution in [1.29, 1.82) is 0 Å². The van der Waals surface area contributed by atoms with E-state index in [0.717, 1.165) is 11.3 Å². The molecule has 23 heavy (non-hydrogen) atoms. The van der Waals surface area contributed by atoms with E-state index in [4.69, 9.17) is 4.42 Å². The van der Waals surface area contributed by atoms with E-state index >= 15 is 0 Å². The molecule has 0 aromatic carbocycles. The first kappa shape index (κ1) is 15.4. The van der Waals surface area contributed by atoms with Gasteiger partial charge in [-0.2, -0.15) is 0 Å². The van der Waals surface area contributed by atoms with Gasteiger partial charge in [-0.1, -0.05) is 6.07 Å². The molecule has 0 aliphatic rings. The van der Waals surface area contributed by atoms with Gasteiger partial charge in [0.1, 0.15) is 0 Å². The van der Waals surface area contributed by atoms with Crippen LogP contribution in [0.15, 0.2) is 64.9 Å². The Labute approximate surface area is 139 Å². The number of hydrogen-bond acceptors (Lipinski definition) is 3. The molecule has 5 heteroatoms. The minimum atomic E-state index is -0.0131. The molecule has 0 saturated heterocycles. The van der Waals surface area contributed by atoms with Gasteiger partial charge in [-0.05, 0) is 35.7 Å². The van der Waals surface area contributed by atoms with Gasteiger partial charge in [0.05, 0.1) is 25.6 Å². The Balaban J connectivity index is 1.76. The summed E-state index contributed by atoms with van der Waals surface area (Å²) in [6.45, 7) is 1.19. The zero-order valence-electron chi connectivity index (χ0n) is 12.9. The lowest BCUT2D eigenvalue weighted by Crippen LogP contribution is -2.29. The van der Waals surface area contributed by atoms with Crippen LogP contribution in [-0.4, -0.2) is 15.4 Å². The largest absolute Gasteiger partial charge is 0.472 e. The average molecular weight is 326 g/mol. The second-order valence-corrected chi connectivity index (χ2v) is 6.31. The molecule has 0 unspecified atom stereocenters. The summed E-state index contributed by atoms with van der Waals surface area (Å²) >= 11 is 1.66. The van der Waals surface area contributed by atoms with Crippen LogP contribution in [0.1, 0.15) is 16.1 Å². The lowest BCUT2D eigenvalue weighted by molar-refractivity contribution is -0.127. The fourth-order valence-electron chi connectivity index (χ4n) is 2.30. The van der Waals surface area contributed by atoms with Gasteiger partial charge in [-0.15, -0.1) is 11.3 Å². The van der Waals surface area contributed by atoms with Crippen molar-refractivity contribution < 1.29 is 9.21 Å². The molecule has 3 aromatic heterocycles. The van der Waals surface area contributed by atoms with Crippen LogP contribution in [0, 0.1) is 0 Å². The number of thiophene rings is 1. The van der Waals surface area contributed by atoms with Gasteiger partial charge >= 0.3 is 0 Å². The molecule has 0 bridgehead atoms. The van der Waals surface area contributed by atoms with Crippen LogP contribution in [-0.2, 0) is 24.9 Å². The van der Waals surface area contributed by atoms with Gasteiger partial charge in [0.25, 0.3) is 0 Å². The summed E-state index contributed by atoms with van der Waals surface area (Å²) in [5, 5.41) is 2.03. The fourth-order valence-corrected chi connectivity index (χ4v) is 3.02. The third kappa shape index (κ3) is 4.02. The molecule has 4 nitrogen and oxygen atoms in total. The maximum Gasteiger partial charge on any atom is 0.247 e. The Kier molecular flexibility index (Phi) is 4.78. The molecule has 0 N–H and O–H groups in total. The highest BCUT2D eigenvalue weighted by Crippen LogP contribution is 2.15. The zero-order valence-corrected chi connectivity index (χ0v) is 13.7. The highest BCUT2D eigenvalue weighted by Gasteiger charge is 2.14. The second kappa shape index (κ2) is 7.15. The van der Waals surface area contributed by atoms with Crippen LogP contribution in [0.25, 0.3) is 6.08 Å². The van der Waals surface area contributed by atoms with Gasteiger partial charge in [-0.25, -0.2) is 0 Å². The van der Waals surface area contributed by atoms with Gasteiger partial charge in [-0.3, -0.25) is 4.79 Å².